The van der Waals surface area contributed by atoms with Crippen LogP contribution in [0.1, 0.15) is 42.6 Å². The number of rotatable bonds is 10. The topological polar surface area (TPSA) is 106 Å². The van der Waals surface area contributed by atoms with Gasteiger partial charge in [-0.05, 0) is 61.6 Å². The minimum atomic E-state index is -0.940. The van der Waals surface area contributed by atoms with Crippen molar-refractivity contribution in [3.05, 3.63) is 47.5 Å². The molecule has 1 saturated heterocycles. The predicted octanol–water partition coefficient (Wildman–Crippen LogP) is 3.55. The van der Waals surface area contributed by atoms with Crippen molar-refractivity contribution in [2.45, 2.75) is 39.7 Å². The molecule has 1 aliphatic rings. The van der Waals surface area contributed by atoms with E-state index in [0.717, 1.165) is 18.7 Å². The average Bonchev–Trinajstić information content (AvgIpc) is 3.39. The summed E-state index contributed by atoms with van der Waals surface area (Å²) in [7, 11) is 2.97. The van der Waals surface area contributed by atoms with Crippen LogP contribution in [0.4, 0.5) is 11.4 Å². The fourth-order valence-electron chi connectivity index (χ4n) is 4.13. The number of esters is 1. The second kappa shape index (κ2) is 12.3. The molecule has 0 aliphatic carbocycles. The molecule has 0 aromatic heterocycles. The lowest BCUT2D eigenvalue weighted by molar-refractivity contribution is -0.150. The molecule has 3 rings (SSSR count). The molecule has 1 aliphatic heterocycles. The van der Waals surface area contributed by atoms with Crippen LogP contribution < -0.4 is 25.0 Å². The van der Waals surface area contributed by atoms with E-state index < -0.39 is 30.4 Å². The summed E-state index contributed by atoms with van der Waals surface area (Å²) in [5.74, 6) is -1.00. The van der Waals surface area contributed by atoms with Crippen molar-refractivity contribution in [1.29, 1.82) is 0 Å². The standard InChI is InChI=1S/C27H35N3O6/c1-17(2)25(29-26(32)19-13-21(34-4)15-22(14-19)35-5)27(33)36-16-24(31)28-20-8-9-23(18(3)12-20)30-10-6-7-11-30/h8-9,12-15,17,25H,6-7,10-11,16H2,1-5H3,(H,28,31)(H,29,32). The fourth-order valence-corrected chi connectivity index (χ4v) is 4.13. The van der Waals surface area contributed by atoms with Gasteiger partial charge >= 0.3 is 5.97 Å². The molecule has 2 aromatic carbocycles. The van der Waals surface area contributed by atoms with Crippen LogP contribution in [-0.4, -0.2) is 57.7 Å². The molecule has 9 nitrogen and oxygen atoms in total. The molecule has 194 valence electrons. The monoisotopic (exact) mass is 497 g/mol. The number of hydrogen-bond donors (Lipinski definition) is 2. The Morgan fingerprint density at radius 2 is 1.61 bits per heavy atom. The molecule has 1 fully saturated rings. The molecule has 2 aromatic rings. The number of carbonyl (C=O) groups excluding carboxylic acids is 3. The number of ether oxygens (including phenoxy) is 3. The molecule has 1 heterocycles. The van der Waals surface area contributed by atoms with E-state index in [2.05, 4.69) is 15.5 Å². The van der Waals surface area contributed by atoms with Crippen LogP contribution in [0, 0.1) is 12.8 Å². The van der Waals surface area contributed by atoms with E-state index in [1.54, 1.807) is 32.0 Å². The van der Waals surface area contributed by atoms with Gasteiger partial charge < -0.3 is 29.7 Å². The summed E-state index contributed by atoms with van der Waals surface area (Å²) in [6, 6.07) is 9.55. The number of benzene rings is 2. The zero-order valence-corrected chi connectivity index (χ0v) is 21.6. The lowest BCUT2D eigenvalue weighted by atomic mass is 10.0. The first-order valence-electron chi connectivity index (χ1n) is 12.1. The van der Waals surface area contributed by atoms with Gasteiger partial charge in [-0.2, -0.15) is 0 Å². The second-order valence-corrected chi connectivity index (χ2v) is 9.15. The number of aryl methyl sites for hydroxylation is 1. The maximum absolute atomic E-state index is 12.8. The normalized spacial score (nSPS) is 13.8. The Morgan fingerprint density at radius 3 is 2.17 bits per heavy atom. The van der Waals surface area contributed by atoms with Gasteiger partial charge in [0.25, 0.3) is 11.8 Å². The molecule has 0 saturated carbocycles. The van der Waals surface area contributed by atoms with E-state index >= 15 is 0 Å². The molecule has 2 N–H and O–H groups in total. The summed E-state index contributed by atoms with van der Waals surface area (Å²) < 4.78 is 15.6. The van der Waals surface area contributed by atoms with Gasteiger partial charge in [-0.3, -0.25) is 9.59 Å². The molecule has 1 unspecified atom stereocenters. The molecular weight excluding hydrogens is 462 g/mol. The summed E-state index contributed by atoms with van der Waals surface area (Å²) >= 11 is 0. The lowest BCUT2D eigenvalue weighted by Crippen LogP contribution is -2.46. The highest BCUT2D eigenvalue weighted by atomic mass is 16.5. The van der Waals surface area contributed by atoms with Gasteiger partial charge in [-0.25, -0.2) is 4.79 Å². The second-order valence-electron chi connectivity index (χ2n) is 9.15. The molecule has 1 atom stereocenters. The van der Waals surface area contributed by atoms with E-state index in [0.29, 0.717) is 17.2 Å². The fraction of sp³-hybridized carbons (Fsp3) is 0.444. The van der Waals surface area contributed by atoms with E-state index in [1.165, 1.54) is 32.7 Å². The van der Waals surface area contributed by atoms with Crippen molar-refractivity contribution in [1.82, 2.24) is 5.32 Å². The maximum Gasteiger partial charge on any atom is 0.329 e. The third-order valence-corrected chi connectivity index (χ3v) is 6.09. The number of methoxy groups -OCH3 is 2. The number of carbonyl (C=O) groups is 3. The molecule has 2 amide bonds. The van der Waals surface area contributed by atoms with Crippen LogP contribution in [0.5, 0.6) is 11.5 Å². The molecule has 0 radical (unpaired) electrons. The lowest BCUT2D eigenvalue weighted by Gasteiger charge is -2.21. The molecule has 36 heavy (non-hydrogen) atoms. The molecular formula is C27H35N3O6. The Labute approximate surface area is 212 Å². The highest BCUT2D eigenvalue weighted by Crippen LogP contribution is 2.27. The van der Waals surface area contributed by atoms with E-state index in [1.807, 2.05) is 25.1 Å². The van der Waals surface area contributed by atoms with Gasteiger partial charge in [0.1, 0.15) is 17.5 Å². The first-order chi connectivity index (χ1) is 17.2. The number of nitrogens with one attached hydrogen (secondary N) is 2. The van der Waals surface area contributed by atoms with E-state index in [9.17, 15) is 14.4 Å². The Kier molecular flexibility index (Phi) is 9.16. The number of hydrogen-bond acceptors (Lipinski definition) is 7. The van der Waals surface area contributed by atoms with Gasteiger partial charge in [0, 0.05) is 36.1 Å². The molecule has 9 heteroatoms. The number of amides is 2. The SMILES string of the molecule is COc1cc(OC)cc(C(=O)NC(C(=O)OCC(=O)Nc2ccc(N3CCCC3)c(C)c2)C(C)C)c1. The third kappa shape index (κ3) is 6.90. The highest BCUT2D eigenvalue weighted by molar-refractivity contribution is 5.98. The maximum atomic E-state index is 12.8. The van der Waals surface area contributed by atoms with E-state index in [-0.39, 0.29) is 11.5 Å². The zero-order valence-electron chi connectivity index (χ0n) is 21.6. The Bertz CT molecular complexity index is 1070. The third-order valence-electron chi connectivity index (χ3n) is 6.09. The summed E-state index contributed by atoms with van der Waals surface area (Å²) in [6.07, 6.45) is 2.38. The van der Waals surface area contributed by atoms with Crippen LogP contribution in [0.2, 0.25) is 0 Å². The molecule has 0 spiro atoms. The number of anilines is 2. The Hall–Kier alpha value is -3.75. The van der Waals surface area contributed by atoms with Gasteiger partial charge in [0.05, 0.1) is 14.2 Å². The van der Waals surface area contributed by atoms with Crippen molar-refractivity contribution in [3.8, 4) is 11.5 Å². The van der Waals surface area contributed by atoms with Crippen molar-refractivity contribution >= 4 is 29.2 Å². The van der Waals surface area contributed by atoms with Crippen LogP contribution in [0.15, 0.2) is 36.4 Å². The predicted molar refractivity (Wildman–Crippen MR) is 138 cm³/mol. The summed E-state index contributed by atoms with van der Waals surface area (Å²) in [5, 5.41) is 5.45. The van der Waals surface area contributed by atoms with Crippen molar-refractivity contribution < 1.29 is 28.6 Å². The van der Waals surface area contributed by atoms with Crippen molar-refractivity contribution in [3.63, 3.8) is 0 Å². The minimum absolute atomic E-state index is 0.266. The summed E-state index contributed by atoms with van der Waals surface area (Å²) in [5.41, 5.74) is 3.15. The van der Waals surface area contributed by atoms with Gasteiger partial charge in [-0.1, -0.05) is 13.8 Å². The van der Waals surface area contributed by atoms with Crippen LogP contribution in [-0.2, 0) is 14.3 Å². The van der Waals surface area contributed by atoms with Crippen LogP contribution >= 0.6 is 0 Å². The molecule has 0 bridgehead atoms. The number of nitrogens with zero attached hydrogens (tertiary/aromatic N) is 1. The highest BCUT2D eigenvalue weighted by Gasteiger charge is 2.27. The smallest absolute Gasteiger partial charge is 0.329 e. The van der Waals surface area contributed by atoms with Gasteiger partial charge in [-0.15, -0.1) is 0 Å². The zero-order chi connectivity index (χ0) is 26.2. The quantitative estimate of drug-likeness (QED) is 0.484. The summed E-state index contributed by atoms with van der Waals surface area (Å²) in [6.45, 7) is 7.20. The Morgan fingerprint density at radius 1 is 0.972 bits per heavy atom. The first kappa shape index (κ1) is 26.8. The van der Waals surface area contributed by atoms with Gasteiger partial charge in [0.2, 0.25) is 0 Å². The largest absolute Gasteiger partial charge is 0.497 e. The summed E-state index contributed by atoms with van der Waals surface area (Å²) in [4.78, 5) is 40.3. The first-order valence-corrected chi connectivity index (χ1v) is 12.1. The minimum Gasteiger partial charge on any atom is -0.497 e. The van der Waals surface area contributed by atoms with Crippen LogP contribution in [0.25, 0.3) is 0 Å². The average molecular weight is 498 g/mol. The van der Waals surface area contributed by atoms with Crippen LogP contribution in [0.3, 0.4) is 0 Å². The van der Waals surface area contributed by atoms with Gasteiger partial charge in [0.15, 0.2) is 6.61 Å². The van der Waals surface area contributed by atoms with Crippen molar-refractivity contribution in [2.75, 3.05) is 44.1 Å². The van der Waals surface area contributed by atoms with E-state index in [4.69, 9.17) is 14.2 Å². The van der Waals surface area contributed by atoms with Crippen molar-refractivity contribution in [2.24, 2.45) is 5.92 Å². The Balaban J connectivity index is 1.57.